The van der Waals surface area contributed by atoms with Gasteiger partial charge in [0, 0.05) is 0 Å². The van der Waals surface area contributed by atoms with Gasteiger partial charge < -0.3 is 5.73 Å². The molecule has 0 unspecified atom stereocenters. The second kappa shape index (κ2) is 4.91. The van der Waals surface area contributed by atoms with Gasteiger partial charge in [0.15, 0.2) is 0 Å². The normalized spacial score (nSPS) is 11.8. The Kier molecular flexibility index (Phi) is 5.00. The minimum Gasteiger partial charge on any atom is -0.671 e. The molecule has 1 atom stereocenters. The summed E-state index contributed by atoms with van der Waals surface area (Å²) >= 11 is 0. The molecule has 0 saturated carbocycles. The SMILES string of the molecule is C[C@H]([NH-])c1ccccc1.[Na+]. The summed E-state index contributed by atoms with van der Waals surface area (Å²) in [5, 5.41) is 0. The Morgan fingerprint density at radius 1 is 1.20 bits per heavy atom. The molecule has 0 heterocycles. The molecule has 0 radical (unpaired) electrons. The van der Waals surface area contributed by atoms with E-state index in [2.05, 4.69) is 0 Å². The monoisotopic (exact) mass is 143 g/mol. The molecule has 1 N–H and O–H groups in total. The number of rotatable bonds is 1. The Labute approximate surface area is 83.9 Å². The molecule has 10 heavy (non-hydrogen) atoms. The van der Waals surface area contributed by atoms with Gasteiger partial charge in [-0.25, -0.2) is 0 Å². The first kappa shape index (κ1) is 10.2. The minimum atomic E-state index is -0.0915. The summed E-state index contributed by atoms with van der Waals surface area (Å²) in [6, 6.07) is 9.73. The van der Waals surface area contributed by atoms with E-state index in [1.807, 2.05) is 37.3 Å². The Hall–Kier alpha value is 0.180. The van der Waals surface area contributed by atoms with Crippen LogP contribution < -0.4 is 29.6 Å². The minimum absolute atomic E-state index is 0. The van der Waals surface area contributed by atoms with Crippen LogP contribution in [-0.2, 0) is 0 Å². The molecule has 1 aromatic rings. The van der Waals surface area contributed by atoms with Crippen molar-refractivity contribution in [1.82, 2.24) is 0 Å². The number of benzene rings is 1. The zero-order valence-corrected chi connectivity index (χ0v) is 8.46. The third-order valence-electron chi connectivity index (χ3n) is 1.30. The van der Waals surface area contributed by atoms with E-state index in [0.29, 0.717) is 0 Å². The molecule has 0 bridgehead atoms. The Morgan fingerprint density at radius 2 is 1.70 bits per heavy atom. The van der Waals surface area contributed by atoms with Crippen molar-refractivity contribution >= 4 is 0 Å². The van der Waals surface area contributed by atoms with Crippen LogP contribution in [0.1, 0.15) is 18.5 Å². The number of hydrogen-bond acceptors (Lipinski definition) is 0. The van der Waals surface area contributed by atoms with Crippen LogP contribution in [0.15, 0.2) is 30.3 Å². The fourth-order valence-corrected chi connectivity index (χ4v) is 0.742. The fraction of sp³-hybridized carbons (Fsp3) is 0.250. The zero-order valence-electron chi connectivity index (χ0n) is 6.46. The third kappa shape index (κ3) is 2.84. The molecular weight excluding hydrogens is 133 g/mol. The van der Waals surface area contributed by atoms with E-state index in [1.165, 1.54) is 0 Å². The molecule has 1 aromatic carbocycles. The summed E-state index contributed by atoms with van der Waals surface area (Å²) in [5.41, 5.74) is 8.40. The van der Waals surface area contributed by atoms with Crippen LogP contribution >= 0.6 is 0 Å². The van der Waals surface area contributed by atoms with Crippen LogP contribution in [0.4, 0.5) is 0 Å². The van der Waals surface area contributed by atoms with Gasteiger partial charge in [0.2, 0.25) is 0 Å². The van der Waals surface area contributed by atoms with Gasteiger partial charge in [0.25, 0.3) is 0 Å². The molecule has 0 spiro atoms. The van der Waals surface area contributed by atoms with Crippen LogP contribution in [0.3, 0.4) is 0 Å². The smallest absolute Gasteiger partial charge is 0.671 e. The van der Waals surface area contributed by atoms with Crippen molar-refractivity contribution in [3.05, 3.63) is 41.6 Å². The largest absolute Gasteiger partial charge is 1.00 e. The van der Waals surface area contributed by atoms with Crippen molar-refractivity contribution in [2.45, 2.75) is 13.0 Å². The molecule has 0 saturated heterocycles. The van der Waals surface area contributed by atoms with E-state index < -0.39 is 0 Å². The molecule has 1 nitrogen and oxygen atoms in total. The van der Waals surface area contributed by atoms with Crippen molar-refractivity contribution in [3.63, 3.8) is 0 Å². The maximum absolute atomic E-state index is 7.32. The van der Waals surface area contributed by atoms with Crippen molar-refractivity contribution in [1.29, 1.82) is 0 Å². The maximum atomic E-state index is 7.32. The molecule has 0 aliphatic rings. The molecular formula is C8H10NNa. The second-order valence-electron chi connectivity index (χ2n) is 2.13. The number of nitrogens with one attached hydrogen (secondary N) is 1. The molecule has 0 aromatic heterocycles. The molecule has 0 amide bonds. The van der Waals surface area contributed by atoms with Gasteiger partial charge in [0.1, 0.15) is 0 Å². The average Bonchev–Trinajstić information content (AvgIpc) is 1.90. The van der Waals surface area contributed by atoms with Gasteiger partial charge in [-0.05, 0) is 0 Å². The second-order valence-corrected chi connectivity index (χ2v) is 2.13. The van der Waals surface area contributed by atoms with Crippen molar-refractivity contribution in [2.75, 3.05) is 0 Å². The number of hydrogen-bond donors (Lipinski definition) is 0. The molecule has 0 aliphatic heterocycles. The standard InChI is InChI=1S/C8H10N.Na/c1-7(9)8-5-3-2-4-6-8;/h2-7,9H,1H3;/q-1;+1/t7-;/m0./s1. The summed E-state index contributed by atoms with van der Waals surface area (Å²) < 4.78 is 0. The van der Waals surface area contributed by atoms with E-state index >= 15 is 0 Å². The summed E-state index contributed by atoms with van der Waals surface area (Å²) in [4.78, 5) is 0. The zero-order chi connectivity index (χ0) is 6.69. The van der Waals surface area contributed by atoms with Crippen molar-refractivity contribution in [2.24, 2.45) is 0 Å². The Morgan fingerprint density at radius 3 is 2.00 bits per heavy atom. The first-order valence-corrected chi connectivity index (χ1v) is 3.07. The van der Waals surface area contributed by atoms with Crippen LogP contribution in [0.5, 0.6) is 0 Å². The van der Waals surface area contributed by atoms with Gasteiger partial charge >= 0.3 is 29.6 Å². The Bertz CT molecular complexity index is 172. The van der Waals surface area contributed by atoms with Gasteiger partial charge in [-0.1, -0.05) is 42.8 Å². The van der Waals surface area contributed by atoms with Gasteiger partial charge in [-0.2, -0.15) is 0 Å². The predicted molar refractivity (Wildman–Crippen MR) is 39.2 cm³/mol. The van der Waals surface area contributed by atoms with Gasteiger partial charge in [0.05, 0.1) is 0 Å². The van der Waals surface area contributed by atoms with Crippen LogP contribution in [0, 0.1) is 0 Å². The van der Waals surface area contributed by atoms with Gasteiger partial charge in [-0.15, -0.1) is 6.04 Å². The molecule has 0 fully saturated rings. The maximum Gasteiger partial charge on any atom is 1.00 e. The van der Waals surface area contributed by atoms with Crippen molar-refractivity contribution < 1.29 is 29.6 Å². The molecule has 48 valence electrons. The average molecular weight is 143 g/mol. The summed E-state index contributed by atoms with van der Waals surface area (Å²) in [6.07, 6.45) is 0. The third-order valence-corrected chi connectivity index (χ3v) is 1.30. The van der Waals surface area contributed by atoms with Gasteiger partial charge in [-0.3, -0.25) is 0 Å². The fourth-order valence-electron chi connectivity index (χ4n) is 0.742. The van der Waals surface area contributed by atoms with Crippen LogP contribution in [0.2, 0.25) is 0 Å². The van der Waals surface area contributed by atoms with E-state index in [0.717, 1.165) is 5.56 Å². The predicted octanol–water partition coefficient (Wildman–Crippen LogP) is -0.196. The van der Waals surface area contributed by atoms with E-state index in [4.69, 9.17) is 5.73 Å². The molecule has 1 rings (SSSR count). The molecule has 2 heteroatoms. The summed E-state index contributed by atoms with van der Waals surface area (Å²) in [5.74, 6) is 0. The van der Waals surface area contributed by atoms with Crippen LogP contribution in [-0.4, -0.2) is 0 Å². The first-order chi connectivity index (χ1) is 4.30. The Balaban J connectivity index is 0.000000810. The molecule has 0 aliphatic carbocycles. The summed E-state index contributed by atoms with van der Waals surface area (Å²) in [6.45, 7) is 1.87. The topological polar surface area (TPSA) is 23.8 Å². The van der Waals surface area contributed by atoms with Crippen molar-refractivity contribution in [3.8, 4) is 0 Å². The van der Waals surface area contributed by atoms with E-state index in [1.54, 1.807) is 0 Å². The summed E-state index contributed by atoms with van der Waals surface area (Å²) in [7, 11) is 0. The van der Waals surface area contributed by atoms with Crippen LogP contribution in [0.25, 0.3) is 5.73 Å². The van der Waals surface area contributed by atoms with E-state index in [-0.39, 0.29) is 35.6 Å². The first-order valence-electron chi connectivity index (χ1n) is 3.07. The quantitative estimate of drug-likeness (QED) is 0.486. The van der Waals surface area contributed by atoms with E-state index in [9.17, 15) is 0 Å².